The summed E-state index contributed by atoms with van der Waals surface area (Å²) in [7, 11) is 0. The Morgan fingerprint density at radius 3 is 2.33 bits per heavy atom. The number of hydrogen-bond donors (Lipinski definition) is 0. The van der Waals surface area contributed by atoms with E-state index in [2.05, 4.69) is 0 Å². The molecule has 0 saturated heterocycles. The Bertz CT molecular complexity index is 458. The summed E-state index contributed by atoms with van der Waals surface area (Å²) < 4.78 is 27.4. The molecule has 0 aliphatic carbocycles. The number of halogens is 2. The molecule has 1 aromatic carbocycles. The van der Waals surface area contributed by atoms with Crippen LogP contribution in [0.15, 0.2) is 12.1 Å². The Morgan fingerprint density at radius 1 is 1.28 bits per heavy atom. The normalized spacial score (nSPS) is 13.5. The molecule has 1 aromatic rings. The first-order chi connectivity index (χ1) is 8.14. The van der Waals surface area contributed by atoms with Crippen LogP contribution in [0.5, 0.6) is 0 Å². The summed E-state index contributed by atoms with van der Waals surface area (Å²) in [5.74, 6) is -1.91. The van der Waals surface area contributed by atoms with Gasteiger partial charge >= 0.3 is 0 Å². The molecule has 1 nitrogen and oxygen atoms in total. The first-order valence-corrected chi connectivity index (χ1v) is 6.12. The number of carbonyl (C=O) groups excluding carboxylic acids is 1. The van der Waals surface area contributed by atoms with Crippen LogP contribution in [-0.4, -0.2) is 5.78 Å². The fourth-order valence-electron chi connectivity index (χ4n) is 1.60. The van der Waals surface area contributed by atoms with Crippen molar-refractivity contribution in [3.63, 3.8) is 0 Å². The van der Waals surface area contributed by atoms with Crippen molar-refractivity contribution in [2.45, 2.75) is 41.0 Å². The first-order valence-electron chi connectivity index (χ1n) is 6.12. The molecule has 0 spiro atoms. The van der Waals surface area contributed by atoms with Gasteiger partial charge in [0.15, 0.2) is 5.78 Å². The maximum absolute atomic E-state index is 13.8. The van der Waals surface area contributed by atoms with Crippen LogP contribution in [0.3, 0.4) is 0 Å². The highest BCUT2D eigenvalue weighted by molar-refractivity contribution is 5.97. The molecule has 0 heterocycles. The monoisotopic (exact) mass is 254 g/mol. The van der Waals surface area contributed by atoms with E-state index >= 15 is 0 Å². The zero-order valence-electron chi connectivity index (χ0n) is 11.6. The zero-order chi connectivity index (χ0) is 14.1. The Balaban J connectivity index is 3.02. The Kier molecular flexibility index (Phi) is 4.25. The Morgan fingerprint density at radius 2 is 1.83 bits per heavy atom. The number of benzene rings is 1. The number of ketones is 1. The maximum atomic E-state index is 13.8. The third kappa shape index (κ3) is 3.15. The third-order valence-corrected chi connectivity index (χ3v) is 3.53. The SMILES string of the molecule is Cc1ccc(F)c(C(=O)CC(C)C(C)(C)C)c1F. The van der Waals surface area contributed by atoms with E-state index in [4.69, 9.17) is 0 Å². The van der Waals surface area contributed by atoms with Gasteiger partial charge in [0, 0.05) is 6.42 Å². The van der Waals surface area contributed by atoms with Gasteiger partial charge in [0.25, 0.3) is 0 Å². The summed E-state index contributed by atoms with van der Waals surface area (Å²) in [6, 6.07) is 2.49. The molecule has 0 radical (unpaired) electrons. The number of rotatable bonds is 3. The van der Waals surface area contributed by atoms with Crippen LogP contribution in [0.25, 0.3) is 0 Å². The van der Waals surface area contributed by atoms with Gasteiger partial charge in [0.05, 0.1) is 5.56 Å². The molecule has 3 heteroatoms. The van der Waals surface area contributed by atoms with E-state index in [9.17, 15) is 13.6 Å². The van der Waals surface area contributed by atoms with Crippen molar-refractivity contribution in [1.29, 1.82) is 0 Å². The van der Waals surface area contributed by atoms with Gasteiger partial charge in [-0.3, -0.25) is 4.79 Å². The molecule has 0 saturated carbocycles. The van der Waals surface area contributed by atoms with Crippen molar-refractivity contribution in [3.8, 4) is 0 Å². The molecular formula is C15H20F2O. The van der Waals surface area contributed by atoms with Crippen molar-refractivity contribution >= 4 is 5.78 Å². The topological polar surface area (TPSA) is 17.1 Å². The first kappa shape index (κ1) is 14.8. The highest BCUT2D eigenvalue weighted by atomic mass is 19.1. The van der Waals surface area contributed by atoms with Crippen LogP contribution < -0.4 is 0 Å². The highest BCUT2D eigenvalue weighted by Crippen LogP contribution is 2.30. The van der Waals surface area contributed by atoms with Crippen LogP contribution in [0.2, 0.25) is 0 Å². The van der Waals surface area contributed by atoms with E-state index in [1.807, 2.05) is 27.7 Å². The van der Waals surface area contributed by atoms with Gasteiger partial charge in [-0.15, -0.1) is 0 Å². The third-order valence-electron chi connectivity index (χ3n) is 3.53. The van der Waals surface area contributed by atoms with Crippen molar-refractivity contribution in [3.05, 3.63) is 34.9 Å². The second-order valence-corrected chi connectivity index (χ2v) is 5.95. The zero-order valence-corrected chi connectivity index (χ0v) is 11.6. The van der Waals surface area contributed by atoms with Crippen LogP contribution in [-0.2, 0) is 0 Å². The average molecular weight is 254 g/mol. The summed E-state index contributed by atoms with van der Waals surface area (Å²) in [6.07, 6.45) is 0.154. The molecule has 0 fully saturated rings. The van der Waals surface area contributed by atoms with E-state index < -0.39 is 23.0 Å². The van der Waals surface area contributed by atoms with Gasteiger partial charge in [-0.2, -0.15) is 0 Å². The smallest absolute Gasteiger partial charge is 0.169 e. The van der Waals surface area contributed by atoms with Crippen LogP contribution in [0.1, 0.15) is 50.0 Å². The van der Waals surface area contributed by atoms with Gasteiger partial charge in [-0.25, -0.2) is 8.78 Å². The second-order valence-electron chi connectivity index (χ2n) is 5.95. The standard InChI is InChI=1S/C15H20F2O/c1-9-6-7-11(16)13(14(9)17)12(18)8-10(2)15(3,4)5/h6-7,10H,8H2,1-5H3. The predicted octanol–water partition coefficient (Wildman–Crippen LogP) is 4.53. The van der Waals surface area contributed by atoms with E-state index in [-0.39, 0.29) is 17.8 Å². The molecule has 18 heavy (non-hydrogen) atoms. The summed E-state index contributed by atoms with van der Waals surface area (Å²) >= 11 is 0. The Hall–Kier alpha value is -1.25. The average Bonchev–Trinajstić information content (AvgIpc) is 2.22. The molecule has 0 bridgehead atoms. The van der Waals surface area contributed by atoms with E-state index in [0.29, 0.717) is 5.56 Å². The van der Waals surface area contributed by atoms with Crippen LogP contribution >= 0.6 is 0 Å². The van der Waals surface area contributed by atoms with Crippen molar-refractivity contribution in [2.75, 3.05) is 0 Å². The van der Waals surface area contributed by atoms with E-state index in [1.54, 1.807) is 0 Å². The number of carbonyl (C=O) groups is 1. The number of Topliss-reactive ketones (excluding diaryl/α,β-unsaturated/α-hetero) is 1. The molecular weight excluding hydrogens is 234 g/mol. The summed E-state index contributed by atoms with van der Waals surface area (Å²) in [5, 5.41) is 0. The van der Waals surface area contributed by atoms with Crippen LogP contribution in [0, 0.1) is 29.9 Å². The largest absolute Gasteiger partial charge is 0.294 e. The van der Waals surface area contributed by atoms with E-state index in [1.165, 1.54) is 13.0 Å². The minimum atomic E-state index is -0.774. The molecule has 1 unspecified atom stereocenters. The van der Waals surface area contributed by atoms with Gasteiger partial charge < -0.3 is 0 Å². The highest BCUT2D eigenvalue weighted by Gasteiger charge is 2.26. The fraction of sp³-hybridized carbons (Fsp3) is 0.533. The molecule has 0 aliphatic rings. The molecule has 0 aliphatic heterocycles. The van der Waals surface area contributed by atoms with E-state index in [0.717, 1.165) is 6.07 Å². The quantitative estimate of drug-likeness (QED) is 0.724. The van der Waals surface area contributed by atoms with Crippen molar-refractivity contribution in [1.82, 2.24) is 0 Å². The lowest BCUT2D eigenvalue weighted by molar-refractivity contribution is 0.0918. The van der Waals surface area contributed by atoms with Gasteiger partial charge in [0.2, 0.25) is 0 Å². The minimum absolute atomic E-state index is 0.0595. The van der Waals surface area contributed by atoms with Crippen molar-refractivity contribution in [2.24, 2.45) is 11.3 Å². The fourth-order valence-corrected chi connectivity index (χ4v) is 1.60. The predicted molar refractivity (Wildman–Crippen MR) is 68.7 cm³/mol. The molecule has 1 rings (SSSR count). The van der Waals surface area contributed by atoms with Gasteiger partial charge in [0.1, 0.15) is 11.6 Å². The molecule has 0 aromatic heterocycles. The number of aryl methyl sites for hydroxylation is 1. The minimum Gasteiger partial charge on any atom is -0.294 e. The summed E-state index contributed by atoms with van der Waals surface area (Å²) in [5.41, 5.74) is -0.166. The lowest BCUT2D eigenvalue weighted by atomic mass is 9.78. The van der Waals surface area contributed by atoms with Gasteiger partial charge in [-0.05, 0) is 29.9 Å². The lowest BCUT2D eigenvalue weighted by Gasteiger charge is -2.26. The lowest BCUT2D eigenvalue weighted by Crippen LogP contribution is -2.21. The molecule has 1 atom stereocenters. The summed E-state index contributed by atoms with van der Waals surface area (Å²) in [4.78, 5) is 12.0. The molecule has 100 valence electrons. The summed E-state index contributed by atoms with van der Waals surface area (Å²) in [6.45, 7) is 9.47. The number of hydrogen-bond acceptors (Lipinski definition) is 1. The maximum Gasteiger partial charge on any atom is 0.169 e. The van der Waals surface area contributed by atoms with Crippen molar-refractivity contribution < 1.29 is 13.6 Å². The van der Waals surface area contributed by atoms with Crippen LogP contribution in [0.4, 0.5) is 8.78 Å². The Labute approximate surface area is 107 Å². The molecule has 0 N–H and O–H groups in total. The second kappa shape index (κ2) is 5.17. The van der Waals surface area contributed by atoms with Gasteiger partial charge in [-0.1, -0.05) is 33.8 Å². The molecule has 0 amide bonds.